The standard InChI is InChI=1S/C16H19BrN8O2/c1-26-11-7-12(27-2)21-10(20-11)8-24-3-5-25(6-4-24)16-13-14(17)22-23-15(13)18-9-19-16/h7,9H,3-6,8H2,1-2H3,(H,18,19,22,23). The second kappa shape index (κ2) is 7.61. The van der Waals surface area contributed by atoms with Gasteiger partial charge in [0, 0.05) is 26.2 Å². The normalized spacial score (nSPS) is 15.3. The lowest BCUT2D eigenvalue weighted by Crippen LogP contribution is -2.46. The van der Waals surface area contributed by atoms with Crippen molar-refractivity contribution in [1.82, 2.24) is 35.0 Å². The zero-order valence-corrected chi connectivity index (χ0v) is 16.6. The van der Waals surface area contributed by atoms with E-state index in [1.54, 1.807) is 26.6 Å². The SMILES string of the molecule is COc1cc(OC)nc(CN2CCN(c3ncnc4[nH]nc(Br)c34)CC2)n1. The number of fused-ring (bicyclic) bond motifs is 1. The van der Waals surface area contributed by atoms with E-state index < -0.39 is 0 Å². The summed E-state index contributed by atoms with van der Waals surface area (Å²) in [6.45, 7) is 4.04. The first-order valence-electron chi connectivity index (χ1n) is 8.45. The molecule has 4 heterocycles. The fraction of sp³-hybridized carbons (Fsp3) is 0.438. The summed E-state index contributed by atoms with van der Waals surface area (Å²) < 4.78 is 11.2. The van der Waals surface area contributed by atoms with Crippen LogP contribution >= 0.6 is 15.9 Å². The van der Waals surface area contributed by atoms with E-state index in [9.17, 15) is 0 Å². The first kappa shape index (κ1) is 17.9. The number of H-pyrrole nitrogens is 1. The molecular formula is C16H19BrN8O2. The number of rotatable bonds is 5. The highest BCUT2D eigenvalue weighted by Gasteiger charge is 2.23. The van der Waals surface area contributed by atoms with Gasteiger partial charge in [0.25, 0.3) is 0 Å². The van der Waals surface area contributed by atoms with Crippen molar-refractivity contribution >= 4 is 32.8 Å². The van der Waals surface area contributed by atoms with Crippen molar-refractivity contribution in [1.29, 1.82) is 0 Å². The Morgan fingerprint density at radius 3 is 2.44 bits per heavy atom. The number of nitrogens with zero attached hydrogens (tertiary/aromatic N) is 7. The van der Waals surface area contributed by atoms with Crippen LogP contribution in [0.1, 0.15) is 5.82 Å². The van der Waals surface area contributed by atoms with E-state index >= 15 is 0 Å². The molecule has 11 heteroatoms. The smallest absolute Gasteiger partial charge is 0.220 e. The molecule has 1 aliphatic heterocycles. The lowest BCUT2D eigenvalue weighted by atomic mass is 10.2. The van der Waals surface area contributed by atoms with Gasteiger partial charge in [-0.25, -0.2) is 9.97 Å². The van der Waals surface area contributed by atoms with E-state index in [2.05, 4.69) is 55.9 Å². The van der Waals surface area contributed by atoms with Crippen molar-refractivity contribution in [3.63, 3.8) is 0 Å². The minimum atomic E-state index is 0.503. The van der Waals surface area contributed by atoms with Crippen LogP contribution in [0, 0.1) is 0 Å². The second-order valence-electron chi connectivity index (χ2n) is 6.07. The average molecular weight is 435 g/mol. The van der Waals surface area contributed by atoms with E-state index in [4.69, 9.17) is 9.47 Å². The van der Waals surface area contributed by atoms with Crippen LogP contribution < -0.4 is 14.4 Å². The Balaban J connectivity index is 1.45. The maximum atomic E-state index is 5.22. The highest BCUT2D eigenvalue weighted by atomic mass is 79.9. The molecule has 10 nitrogen and oxygen atoms in total. The van der Waals surface area contributed by atoms with Crippen LogP contribution in [0.5, 0.6) is 11.8 Å². The molecule has 142 valence electrons. The molecule has 0 radical (unpaired) electrons. The summed E-state index contributed by atoms with van der Waals surface area (Å²) in [5.74, 6) is 2.58. The van der Waals surface area contributed by atoms with Gasteiger partial charge in [-0.1, -0.05) is 0 Å². The molecule has 27 heavy (non-hydrogen) atoms. The third-order valence-electron chi connectivity index (χ3n) is 4.47. The van der Waals surface area contributed by atoms with Crippen LogP contribution in [0.25, 0.3) is 11.0 Å². The number of ether oxygens (including phenoxy) is 2. The Bertz CT molecular complexity index is 919. The minimum absolute atomic E-state index is 0.503. The summed E-state index contributed by atoms with van der Waals surface area (Å²) in [6, 6.07) is 1.67. The van der Waals surface area contributed by atoms with Gasteiger partial charge in [0.1, 0.15) is 22.6 Å². The van der Waals surface area contributed by atoms with Gasteiger partial charge in [-0.05, 0) is 15.9 Å². The Labute approximate surface area is 164 Å². The molecule has 0 unspecified atom stereocenters. The van der Waals surface area contributed by atoms with Gasteiger partial charge in [0.2, 0.25) is 11.8 Å². The quantitative estimate of drug-likeness (QED) is 0.634. The van der Waals surface area contributed by atoms with Gasteiger partial charge >= 0.3 is 0 Å². The van der Waals surface area contributed by atoms with E-state index in [-0.39, 0.29) is 0 Å². The predicted octanol–water partition coefficient (Wildman–Crippen LogP) is 1.24. The van der Waals surface area contributed by atoms with Crippen molar-refractivity contribution < 1.29 is 9.47 Å². The fourth-order valence-corrected chi connectivity index (χ4v) is 3.55. The zero-order chi connectivity index (χ0) is 18.8. The first-order valence-corrected chi connectivity index (χ1v) is 9.25. The van der Waals surface area contributed by atoms with Crippen LogP contribution in [-0.2, 0) is 6.54 Å². The molecule has 1 fully saturated rings. The van der Waals surface area contributed by atoms with E-state index in [0.29, 0.717) is 24.1 Å². The second-order valence-corrected chi connectivity index (χ2v) is 6.82. The number of aromatic amines is 1. The Morgan fingerprint density at radius 1 is 1.07 bits per heavy atom. The van der Waals surface area contributed by atoms with Crippen LogP contribution in [0.2, 0.25) is 0 Å². The number of piperazine rings is 1. The summed E-state index contributed by atoms with van der Waals surface area (Å²) in [7, 11) is 3.17. The van der Waals surface area contributed by atoms with Crippen molar-refractivity contribution in [2.75, 3.05) is 45.3 Å². The van der Waals surface area contributed by atoms with Crippen molar-refractivity contribution in [2.45, 2.75) is 6.54 Å². The number of aromatic nitrogens is 6. The monoisotopic (exact) mass is 434 g/mol. The predicted molar refractivity (Wildman–Crippen MR) is 102 cm³/mol. The average Bonchev–Trinajstić information content (AvgIpc) is 3.09. The van der Waals surface area contributed by atoms with E-state index in [1.165, 1.54) is 0 Å². The molecule has 3 aromatic heterocycles. The van der Waals surface area contributed by atoms with Crippen LogP contribution in [-0.4, -0.2) is 75.4 Å². The molecule has 0 aromatic carbocycles. The fourth-order valence-electron chi connectivity index (χ4n) is 3.10. The molecule has 4 rings (SSSR count). The summed E-state index contributed by atoms with van der Waals surface area (Å²) in [6.07, 6.45) is 1.56. The molecule has 0 spiro atoms. The molecule has 0 saturated carbocycles. The molecule has 1 N–H and O–H groups in total. The Morgan fingerprint density at radius 2 is 1.78 bits per heavy atom. The maximum absolute atomic E-state index is 5.22. The van der Waals surface area contributed by atoms with Crippen LogP contribution in [0.15, 0.2) is 17.0 Å². The van der Waals surface area contributed by atoms with E-state index in [1.807, 2.05) is 0 Å². The van der Waals surface area contributed by atoms with Gasteiger partial charge in [0.05, 0.1) is 32.2 Å². The summed E-state index contributed by atoms with van der Waals surface area (Å²) in [5.41, 5.74) is 0.728. The van der Waals surface area contributed by atoms with Gasteiger partial charge in [-0.15, -0.1) is 0 Å². The van der Waals surface area contributed by atoms with Crippen molar-refractivity contribution in [3.05, 3.63) is 22.8 Å². The molecule has 0 aliphatic carbocycles. The number of halogens is 1. The lowest BCUT2D eigenvalue weighted by molar-refractivity contribution is 0.240. The third kappa shape index (κ3) is 3.65. The zero-order valence-electron chi connectivity index (χ0n) is 15.0. The molecule has 0 bridgehead atoms. The van der Waals surface area contributed by atoms with Crippen molar-refractivity contribution in [2.24, 2.45) is 0 Å². The highest BCUT2D eigenvalue weighted by molar-refractivity contribution is 9.10. The number of nitrogens with one attached hydrogen (secondary N) is 1. The molecule has 0 amide bonds. The van der Waals surface area contributed by atoms with Crippen LogP contribution in [0.4, 0.5) is 5.82 Å². The van der Waals surface area contributed by atoms with Gasteiger partial charge in [0.15, 0.2) is 5.65 Å². The summed E-state index contributed by atoms with van der Waals surface area (Å²) in [5, 5.41) is 7.98. The number of anilines is 1. The molecular weight excluding hydrogens is 416 g/mol. The lowest BCUT2D eigenvalue weighted by Gasteiger charge is -2.35. The third-order valence-corrected chi connectivity index (χ3v) is 5.05. The summed E-state index contributed by atoms with van der Waals surface area (Å²) >= 11 is 3.47. The highest BCUT2D eigenvalue weighted by Crippen LogP contribution is 2.28. The van der Waals surface area contributed by atoms with Crippen LogP contribution in [0.3, 0.4) is 0 Å². The Hall–Kier alpha value is -2.53. The number of methoxy groups -OCH3 is 2. The molecule has 1 saturated heterocycles. The largest absolute Gasteiger partial charge is 0.481 e. The van der Waals surface area contributed by atoms with Gasteiger partial charge < -0.3 is 14.4 Å². The van der Waals surface area contributed by atoms with Gasteiger partial charge in [-0.3, -0.25) is 10.00 Å². The first-order chi connectivity index (χ1) is 13.2. The summed E-state index contributed by atoms with van der Waals surface area (Å²) in [4.78, 5) is 22.1. The number of hydrogen-bond donors (Lipinski definition) is 1. The van der Waals surface area contributed by atoms with Gasteiger partial charge in [-0.2, -0.15) is 15.1 Å². The minimum Gasteiger partial charge on any atom is -0.481 e. The molecule has 0 atom stereocenters. The number of hydrogen-bond acceptors (Lipinski definition) is 9. The topological polar surface area (TPSA) is 105 Å². The molecule has 3 aromatic rings. The van der Waals surface area contributed by atoms with Crippen molar-refractivity contribution in [3.8, 4) is 11.8 Å². The maximum Gasteiger partial charge on any atom is 0.220 e. The molecule has 1 aliphatic rings. The Kier molecular flexibility index (Phi) is 5.03. The van der Waals surface area contributed by atoms with E-state index in [0.717, 1.165) is 47.6 Å².